The van der Waals surface area contributed by atoms with Crippen LogP contribution in [0.15, 0.2) is 41.3 Å². The summed E-state index contributed by atoms with van der Waals surface area (Å²) < 4.78 is 44.3. The van der Waals surface area contributed by atoms with Gasteiger partial charge in [-0.15, -0.1) is 0 Å². The number of ether oxygens (including phenoxy) is 3. The molecule has 0 radical (unpaired) electrons. The van der Waals surface area contributed by atoms with Crippen LogP contribution in [-0.2, 0) is 22.5 Å². The highest BCUT2D eigenvalue weighted by Crippen LogP contribution is 2.27. The first-order chi connectivity index (χ1) is 15.8. The molecule has 0 fully saturated rings. The number of halogens is 2. The highest BCUT2D eigenvalue weighted by Gasteiger charge is 2.20. The van der Waals surface area contributed by atoms with Crippen molar-refractivity contribution in [1.82, 2.24) is 9.88 Å². The Bertz CT molecular complexity index is 1270. The van der Waals surface area contributed by atoms with Crippen molar-refractivity contribution < 1.29 is 32.6 Å². The molecule has 10 heteroatoms. The second-order valence-electron chi connectivity index (χ2n) is 7.06. The number of hydrogen-bond donors (Lipinski definition) is 1. The number of benzene rings is 2. The third kappa shape index (κ3) is 5.11. The van der Waals surface area contributed by atoms with Crippen molar-refractivity contribution in [2.24, 2.45) is 0 Å². The molecule has 0 aliphatic carbocycles. The third-order valence-corrected chi connectivity index (χ3v) is 5.00. The molecule has 0 spiro atoms. The van der Waals surface area contributed by atoms with Gasteiger partial charge < -0.3 is 24.1 Å². The first kappa shape index (κ1) is 23.7. The quantitative estimate of drug-likeness (QED) is 0.519. The lowest BCUT2D eigenvalue weighted by molar-refractivity contribution is -0.121. The molecule has 3 aromatic rings. The number of fused-ring (bicyclic) bond motifs is 1. The van der Waals surface area contributed by atoms with E-state index >= 15 is 0 Å². The second kappa shape index (κ2) is 10.1. The first-order valence-electron chi connectivity index (χ1n) is 9.87. The molecule has 1 heterocycles. The Morgan fingerprint density at radius 3 is 2.42 bits per heavy atom. The molecule has 1 N–H and O–H groups in total. The van der Waals surface area contributed by atoms with Gasteiger partial charge in [0.1, 0.15) is 23.7 Å². The average molecular weight is 460 g/mol. The number of carbonyl (C=O) groups excluding carboxylic acids is 2. The molecule has 8 nitrogen and oxygen atoms in total. The number of methoxy groups -OCH3 is 3. The van der Waals surface area contributed by atoms with Crippen molar-refractivity contribution in [3.63, 3.8) is 0 Å². The average Bonchev–Trinajstić information content (AvgIpc) is 2.79. The molecular formula is C23H22F2N2O6. The van der Waals surface area contributed by atoms with Crippen molar-refractivity contribution in [2.45, 2.75) is 13.0 Å². The van der Waals surface area contributed by atoms with Crippen LogP contribution in [-0.4, -0.2) is 44.3 Å². The largest absolute Gasteiger partial charge is 0.493 e. The molecule has 0 unspecified atom stereocenters. The van der Waals surface area contributed by atoms with Crippen molar-refractivity contribution in [1.29, 1.82) is 0 Å². The Balaban J connectivity index is 1.81. The van der Waals surface area contributed by atoms with E-state index in [9.17, 15) is 23.2 Å². The molecule has 2 aromatic carbocycles. The molecule has 0 aliphatic heterocycles. The van der Waals surface area contributed by atoms with Crippen LogP contribution in [0.4, 0.5) is 8.78 Å². The molecule has 33 heavy (non-hydrogen) atoms. The second-order valence-corrected chi connectivity index (χ2v) is 7.06. The maximum Gasteiger partial charge on any atom is 0.343 e. The number of hydrogen-bond acceptors (Lipinski definition) is 6. The molecule has 0 bridgehead atoms. The van der Waals surface area contributed by atoms with E-state index in [4.69, 9.17) is 9.47 Å². The zero-order chi connectivity index (χ0) is 24.1. The van der Waals surface area contributed by atoms with Gasteiger partial charge >= 0.3 is 5.97 Å². The van der Waals surface area contributed by atoms with Gasteiger partial charge in [-0.05, 0) is 30.2 Å². The predicted molar refractivity (Wildman–Crippen MR) is 116 cm³/mol. The highest BCUT2D eigenvalue weighted by molar-refractivity contribution is 5.94. The number of pyridine rings is 1. The third-order valence-electron chi connectivity index (χ3n) is 5.00. The maximum absolute atomic E-state index is 14.4. The Hall–Kier alpha value is -3.95. The summed E-state index contributed by atoms with van der Waals surface area (Å²) >= 11 is 0. The summed E-state index contributed by atoms with van der Waals surface area (Å²) in [7, 11) is 4.12. The predicted octanol–water partition coefficient (Wildman–Crippen LogP) is 2.44. The van der Waals surface area contributed by atoms with E-state index in [-0.39, 0.29) is 18.6 Å². The molecule has 0 atom stereocenters. The van der Waals surface area contributed by atoms with E-state index in [2.05, 4.69) is 10.1 Å². The van der Waals surface area contributed by atoms with Gasteiger partial charge in [0, 0.05) is 18.8 Å². The van der Waals surface area contributed by atoms with Crippen LogP contribution in [0.25, 0.3) is 10.9 Å². The minimum Gasteiger partial charge on any atom is -0.493 e. The number of aromatic nitrogens is 1. The van der Waals surface area contributed by atoms with E-state index < -0.39 is 39.9 Å². The fraction of sp³-hybridized carbons (Fsp3) is 0.261. The lowest BCUT2D eigenvalue weighted by Gasteiger charge is -2.14. The van der Waals surface area contributed by atoms with E-state index in [1.165, 1.54) is 14.2 Å². The Morgan fingerprint density at radius 1 is 1.03 bits per heavy atom. The molecular weight excluding hydrogens is 438 g/mol. The summed E-state index contributed by atoms with van der Waals surface area (Å²) in [6.45, 7) is -0.116. The monoisotopic (exact) mass is 460 g/mol. The normalized spacial score (nSPS) is 10.7. The summed E-state index contributed by atoms with van der Waals surface area (Å²) in [6, 6.07) is 6.83. The van der Waals surface area contributed by atoms with E-state index in [1.54, 1.807) is 12.1 Å². The number of esters is 1. The van der Waals surface area contributed by atoms with Gasteiger partial charge in [0.2, 0.25) is 11.3 Å². The van der Waals surface area contributed by atoms with Gasteiger partial charge in [0.05, 0.1) is 32.2 Å². The van der Waals surface area contributed by atoms with Gasteiger partial charge in [-0.1, -0.05) is 6.07 Å². The van der Waals surface area contributed by atoms with Crippen molar-refractivity contribution in [2.75, 3.05) is 27.9 Å². The van der Waals surface area contributed by atoms with Crippen LogP contribution in [0.3, 0.4) is 0 Å². The minimum atomic E-state index is -1.14. The standard InChI is InChI=1S/C23H22F2N2O6/c1-31-18-5-4-13(8-19(18)32-2)6-7-26-20(28)12-27-11-15(23(30)33-3)22(29)21-16(25)9-14(24)10-17(21)27/h4-5,8-11H,6-7,12H2,1-3H3,(H,26,28). The number of amides is 1. The zero-order valence-electron chi connectivity index (χ0n) is 18.2. The molecule has 0 saturated heterocycles. The van der Waals surface area contributed by atoms with Gasteiger partial charge in [-0.25, -0.2) is 13.6 Å². The van der Waals surface area contributed by atoms with Crippen LogP contribution in [0.2, 0.25) is 0 Å². The van der Waals surface area contributed by atoms with Crippen molar-refractivity contribution in [3.05, 3.63) is 69.5 Å². The van der Waals surface area contributed by atoms with Gasteiger partial charge in [0.15, 0.2) is 11.5 Å². The number of rotatable bonds is 8. The lowest BCUT2D eigenvalue weighted by Crippen LogP contribution is -2.31. The van der Waals surface area contributed by atoms with Crippen LogP contribution in [0.5, 0.6) is 11.5 Å². The summed E-state index contributed by atoms with van der Waals surface area (Å²) in [5, 5.41) is 2.20. The molecule has 1 aromatic heterocycles. The van der Waals surface area contributed by atoms with Crippen LogP contribution in [0.1, 0.15) is 15.9 Å². The first-order valence-corrected chi connectivity index (χ1v) is 9.87. The van der Waals surface area contributed by atoms with Crippen LogP contribution >= 0.6 is 0 Å². The summed E-state index contributed by atoms with van der Waals surface area (Å²) in [6.07, 6.45) is 1.54. The van der Waals surface area contributed by atoms with E-state index in [0.717, 1.165) is 29.5 Å². The summed E-state index contributed by atoms with van der Waals surface area (Å²) in [5.74, 6) is -2.40. The van der Waals surface area contributed by atoms with Crippen molar-refractivity contribution in [3.8, 4) is 11.5 Å². The minimum absolute atomic E-state index is 0.153. The van der Waals surface area contributed by atoms with Crippen LogP contribution < -0.4 is 20.2 Å². The van der Waals surface area contributed by atoms with E-state index in [1.807, 2.05) is 6.07 Å². The Labute approximate surface area is 187 Å². The smallest absolute Gasteiger partial charge is 0.343 e. The molecule has 0 saturated carbocycles. The van der Waals surface area contributed by atoms with Gasteiger partial charge in [-0.3, -0.25) is 9.59 Å². The molecule has 0 aliphatic rings. The summed E-state index contributed by atoms with van der Waals surface area (Å²) in [5.41, 5.74) is -0.674. The number of nitrogens with zero attached hydrogens (tertiary/aromatic N) is 1. The maximum atomic E-state index is 14.4. The SMILES string of the molecule is COC(=O)c1cn(CC(=O)NCCc2ccc(OC)c(OC)c2)c2cc(F)cc(F)c2c1=O. The zero-order valence-corrected chi connectivity index (χ0v) is 18.2. The fourth-order valence-corrected chi connectivity index (χ4v) is 3.41. The lowest BCUT2D eigenvalue weighted by atomic mass is 10.1. The van der Waals surface area contributed by atoms with Crippen molar-refractivity contribution >= 4 is 22.8 Å². The van der Waals surface area contributed by atoms with Gasteiger partial charge in [-0.2, -0.15) is 0 Å². The topological polar surface area (TPSA) is 95.9 Å². The highest BCUT2D eigenvalue weighted by atomic mass is 19.1. The number of nitrogens with one attached hydrogen (secondary N) is 1. The Morgan fingerprint density at radius 2 is 1.76 bits per heavy atom. The van der Waals surface area contributed by atoms with Gasteiger partial charge in [0.25, 0.3) is 0 Å². The Kier molecular flexibility index (Phi) is 7.27. The van der Waals surface area contributed by atoms with Crippen LogP contribution in [0, 0.1) is 11.6 Å². The van der Waals surface area contributed by atoms with E-state index in [0.29, 0.717) is 24.0 Å². The number of carbonyl (C=O) groups is 2. The fourth-order valence-electron chi connectivity index (χ4n) is 3.41. The summed E-state index contributed by atoms with van der Waals surface area (Å²) in [4.78, 5) is 37.0. The molecule has 174 valence electrons. The molecule has 1 amide bonds. The molecule has 3 rings (SSSR count).